The van der Waals surface area contributed by atoms with Crippen molar-refractivity contribution in [1.29, 1.82) is 0 Å². The number of nitrogens with zero attached hydrogens (tertiary/aromatic N) is 1. The Morgan fingerprint density at radius 1 is 1.50 bits per heavy atom. The smallest absolute Gasteiger partial charge is 0.169 e. The molecule has 2 aromatic rings. The number of nitrogens with one attached hydrogen (secondary N) is 1. The van der Waals surface area contributed by atoms with Gasteiger partial charge in [-0.2, -0.15) is 0 Å². The van der Waals surface area contributed by atoms with Gasteiger partial charge in [-0.25, -0.2) is 0 Å². The standard InChI is InChI=1S/C11H13BrN2OS/c1-7(2)10-4-11(14-15-10)13-5-9-3-8(12)6-16-9/h3-4,6-7H,5H2,1-2H3,(H,13,14). The molecule has 0 aliphatic heterocycles. The second-order valence-electron chi connectivity index (χ2n) is 3.85. The second-order valence-corrected chi connectivity index (χ2v) is 5.77. The molecular formula is C11H13BrN2OS. The minimum atomic E-state index is 0.374. The zero-order valence-electron chi connectivity index (χ0n) is 9.16. The fourth-order valence-electron chi connectivity index (χ4n) is 1.27. The molecule has 0 aliphatic carbocycles. The van der Waals surface area contributed by atoms with Crippen LogP contribution in [0.2, 0.25) is 0 Å². The van der Waals surface area contributed by atoms with Gasteiger partial charge in [-0.05, 0) is 22.0 Å². The average molecular weight is 301 g/mol. The van der Waals surface area contributed by atoms with Gasteiger partial charge in [-0.15, -0.1) is 11.3 Å². The summed E-state index contributed by atoms with van der Waals surface area (Å²) < 4.78 is 6.32. The summed E-state index contributed by atoms with van der Waals surface area (Å²) in [5, 5.41) is 9.27. The third-order valence-electron chi connectivity index (χ3n) is 2.16. The molecule has 0 spiro atoms. The van der Waals surface area contributed by atoms with Gasteiger partial charge in [0.1, 0.15) is 5.76 Å². The largest absolute Gasteiger partial charge is 0.362 e. The molecule has 1 N–H and O–H groups in total. The minimum absolute atomic E-state index is 0.374. The fraction of sp³-hybridized carbons (Fsp3) is 0.364. The Bertz CT molecular complexity index is 464. The predicted molar refractivity (Wildman–Crippen MR) is 69.9 cm³/mol. The summed E-state index contributed by atoms with van der Waals surface area (Å²) in [6.45, 7) is 4.95. The van der Waals surface area contributed by atoms with Crippen LogP contribution in [0.4, 0.5) is 5.82 Å². The van der Waals surface area contributed by atoms with Crippen molar-refractivity contribution < 1.29 is 4.52 Å². The molecule has 0 saturated heterocycles. The topological polar surface area (TPSA) is 38.1 Å². The van der Waals surface area contributed by atoms with E-state index in [1.807, 2.05) is 6.07 Å². The molecule has 0 radical (unpaired) electrons. The molecule has 5 heteroatoms. The van der Waals surface area contributed by atoms with Gasteiger partial charge < -0.3 is 9.84 Å². The van der Waals surface area contributed by atoms with E-state index in [9.17, 15) is 0 Å². The van der Waals surface area contributed by atoms with Gasteiger partial charge in [0.15, 0.2) is 5.82 Å². The predicted octanol–water partition coefficient (Wildman–Crippen LogP) is 4.23. The Kier molecular flexibility index (Phi) is 3.66. The number of thiophene rings is 1. The van der Waals surface area contributed by atoms with Crippen LogP contribution >= 0.6 is 27.3 Å². The summed E-state index contributed by atoms with van der Waals surface area (Å²) in [4.78, 5) is 1.26. The zero-order chi connectivity index (χ0) is 11.5. The SMILES string of the molecule is CC(C)c1cc(NCc2cc(Br)cs2)no1. The lowest BCUT2D eigenvalue weighted by atomic mass is 10.2. The molecule has 0 aliphatic rings. The van der Waals surface area contributed by atoms with E-state index in [4.69, 9.17) is 4.52 Å². The molecular weight excluding hydrogens is 288 g/mol. The van der Waals surface area contributed by atoms with E-state index in [-0.39, 0.29) is 0 Å². The third kappa shape index (κ3) is 2.86. The van der Waals surface area contributed by atoms with E-state index in [2.05, 4.69) is 51.7 Å². The van der Waals surface area contributed by atoms with Crippen LogP contribution in [0.5, 0.6) is 0 Å². The lowest BCUT2D eigenvalue weighted by Crippen LogP contribution is -1.96. The van der Waals surface area contributed by atoms with Gasteiger partial charge >= 0.3 is 0 Å². The van der Waals surface area contributed by atoms with Gasteiger partial charge in [0.05, 0.1) is 6.54 Å². The Balaban J connectivity index is 1.94. The monoisotopic (exact) mass is 300 g/mol. The Hall–Kier alpha value is -0.810. The lowest BCUT2D eigenvalue weighted by molar-refractivity contribution is 0.373. The molecule has 0 bridgehead atoms. The summed E-state index contributed by atoms with van der Waals surface area (Å²) >= 11 is 5.14. The van der Waals surface area contributed by atoms with Crippen LogP contribution in [0.25, 0.3) is 0 Å². The summed E-state index contributed by atoms with van der Waals surface area (Å²) in [6.07, 6.45) is 0. The molecule has 0 atom stereocenters. The first-order valence-corrected chi connectivity index (χ1v) is 6.76. The highest BCUT2D eigenvalue weighted by molar-refractivity contribution is 9.10. The van der Waals surface area contributed by atoms with Crippen LogP contribution in [0.1, 0.15) is 30.4 Å². The number of hydrogen-bond acceptors (Lipinski definition) is 4. The van der Waals surface area contributed by atoms with E-state index >= 15 is 0 Å². The van der Waals surface area contributed by atoms with Gasteiger partial charge in [0.2, 0.25) is 0 Å². The molecule has 2 rings (SSSR count). The maximum atomic E-state index is 5.20. The second kappa shape index (κ2) is 5.01. The lowest BCUT2D eigenvalue weighted by Gasteiger charge is -1.97. The molecule has 0 amide bonds. The van der Waals surface area contributed by atoms with E-state index in [0.717, 1.165) is 22.6 Å². The number of aromatic nitrogens is 1. The van der Waals surface area contributed by atoms with Crippen molar-refractivity contribution in [1.82, 2.24) is 5.16 Å². The summed E-state index contributed by atoms with van der Waals surface area (Å²) in [5.41, 5.74) is 0. The maximum absolute atomic E-state index is 5.20. The van der Waals surface area contributed by atoms with Crippen molar-refractivity contribution in [3.63, 3.8) is 0 Å². The molecule has 86 valence electrons. The molecule has 0 unspecified atom stereocenters. The van der Waals surface area contributed by atoms with Crippen molar-refractivity contribution in [2.75, 3.05) is 5.32 Å². The van der Waals surface area contributed by atoms with Gasteiger partial charge in [0.25, 0.3) is 0 Å². The number of halogens is 1. The van der Waals surface area contributed by atoms with E-state index in [0.29, 0.717) is 5.92 Å². The van der Waals surface area contributed by atoms with Crippen LogP contribution in [0.15, 0.2) is 26.5 Å². The van der Waals surface area contributed by atoms with Crippen molar-refractivity contribution in [3.05, 3.63) is 32.6 Å². The van der Waals surface area contributed by atoms with Crippen LogP contribution in [0.3, 0.4) is 0 Å². The number of hydrogen-bond donors (Lipinski definition) is 1. The highest BCUT2D eigenvalue weighted by Crippen LogP contribution is 2.22. The first-order valence-electron chi connectivity index (χ1n) is 5.08. The fourth-order valence-corrected chi connectivity index (χ4v) is 2.66. The van der Waals surface area contributed by atoms with Gasteiger partial charge in [0, 0.05) is 26.7 Å². The Labute approximate surface area is 107 Å². The Morgan fingerprint density at radius 3 is 2.88 bits per heavy atom. The maximum Gasteiger partial charge on any atom is 0.169 e. The number of rotatable bonds is 4. The molecule has 16 heavy (non-hydrogen) atoms. The Morgan fingerprint density at radius 2 is 2.31 bits per heavy atom. The molecule has 2 aromatic heterocycles. The van der Waals surface area contributed by atoms with Crippen LogP contribution in [0, 0.1) is 0 Å². The van der Waals surface area contributed by atoms with E-state index in [1.165, 1.54) is 4.88 Å². The summed E-state index contributed by atoms with van der Waals surface area (Å²) in [6, 6.07) is 4.05. The highest BCUT2D eigenvalue weighted by atomic mass is 79.9. The third-order valence-corrected chi connectivity index (χ3v) is 3.86. The van der Waals surface area contributed by atoms with Gasteiger partial charge in [-0.1, -0.05) is 19.0 Å². The molecule has 3 nitrogen and oxygen atoms in total. The normalized spacial score (nSPS) is 11.0. The number of anilines is 1. The average Bonchev–Trinajstić information content (AvgIpc) is 2.83. The highest BCUT2D eigenvalue weighted by Gasteiger charge is 2.07. The van der Waals surface area contributed by atoms with E-state index in [1.54, 1.807) is 11.3 Å². The minimum Gasteiger partial charge on any atom is -0.362 e. The zero-order valence-corrected chi connectivity index (χ0v) is 11.6. The van der Waals surface area contributed by atoms with Crippen molar-refractivity contribution >= 4 is 33.1 Å². The molecule has 0 aromatic carbocycles. The first-order chi connectivity index (χ1) is 7.65. The molecule has 0 saturated carbocycles. The van der Waals surface area contributed by atoms with Crippen LogP contribution in [-0.4, -0.2) is 5.16 Å². The van der Waals surface area contributed by atoms with Crippen LogP contribution < -0.4 is 5.32 Å². The van der Waals surface area contributed by atoms with E-state index < -0.39 is 0 Å². The molecule has 2 heterocycles. The first kappa shape index (κ1) is 11.7. The quantitative estimate of drug-likeness (QED) is 0.918. The summed E-state index contributed by atoms with van der Waals surface area (Å²) in [5.74, 6) is 2.09. The molecule has 0 fully saturated rings. The van der Waals surface area contributed by atoms with Crippen molar-refractivity contribution in [2.24, 2.45) is 0 Å². The summed E-state index contributed by atoms with van der Waals surface area (Å²) in [7, 11) is 0. The van der Waals surface area contributed by atoms with Gasteiger partial charge in [-0.3, -0.25) is 0 Å². The van der Waals surface area contributed by atoms with Crippen molar-refractivity contribution in [2.45, 2.75) is 26.3 Å². The van der Waals surface area contributed by atoms with Crippen LogP contribution in [-0.2, 0) is 6.54 Å². The van der Waals surface area contributed by atoms with Crippen molar-refractivity contribution in [3.8, 4) is 0 Å².